The number of Topliss-reactive ketones (excluding diaryl/α,β-unsaturated/α-hetero) is 1. The number of aliphatic hydroxyl groups is 3. The van der Waals surface area contributed by atoms with Crippen molar-refractivity contribution in [1.29, 1.82) is 0 Å². The van der Waals surface area contributed by atoms with Gasteiger partial charge in [-0.2, -0.15) is 15.3 Å². The summed E-state index contributed by atoms with van der Waals surface area (Å²) in [7, 11) is 1.30. The van der Waals surface area contributed by atoms with Gasteiger partial charge in [0, 0.05) is 92.4 Å². The molecule has 0 heterocycles. The number of nitro benzene ring substituents is 2. The Hall–Kier alpha value is -18.3. The molecule has 41 nitrogen and oxygen atoms in total. The van der Waals surface area contributed by atoms with Crippen LogP contribution in [0.15, 0.2) is 320 Å². The number of anilines is 8. The Morgan fingerprint density at radius 2 is 0.676 bits per heavy atom. The number of esters is 1. The molecule has 0 radical (unpaired) electrons. The van der Waals surface area contributed by atoms with Gasteiger partial charge in [0.2, 0.25) is 29.5 Å². The molecule has 0 aliphatic heterocycles. The molecule has 22 N–H and O–H groups in total. The van der Waals surface area contributed by atoms with Gasteiger partial charge in [-0.15, -0.1) is 15.3 Å². The van der Waals surface area contributed by atoms with Crippen molar-refractivity contribution in [3.05, 3.63) is 337 Å². The Morgan fingerprint density at radius 1 is 0.366 bits per heavy atom. The second-order valence-corrected chi connectivity index (χ2v) is 32.6. The summed E-state index contributed by atoms with van der Waals surface area (Å²) in [6.07, 6.45) is 6.02. The number of benzene rings is 10. The lowest BCUT2D eigenvalue weighted by Gasteiger charge is -2.23. The van der Waals surface area contributed by atoms with E-state index in [0.29, 0.717) is 89.1 Å². The molecular weight excluding hydrogens is 1870 g/mol. The van der Waals surface area contributed by atoms with Crippen LogP contribution in [0.1, 0.15) is 180 Å². The molecule has 0 bridgehead atoms. The summed E-state index contributed by atoms with van der Waals surface area (Å²) in [4.78, 5) is 162. The fourth-order valence-corrected chi connectivity index (χ4v) is 13.2. The number of ether oxygens (including phenoxy) is 1. The van der Waals surface area contributed by atoms with Crippen molar-refractivity contribution in [2.75, 3.05) is 50.9 Å². The van der Waals surface area contributed by atoms with E-state index in [2.05, 4.69) is 95.4 Å². The number of hydrogen-bond acceptors (Lipinski definition) is 29. The molecule has 145 heavy (non-hydrogen) atoms. The fraction of sp³-hybridized carbons (Fsp3) is 0.250. The van der Waals surface area contributed by atoms with Gasteiger partial charge >= 0.3 is 17.9 Å². The van der Waals surface area contributed by atoms with E-state index in [9.17, 15) is 98.2 Å². The van der Waals surface area contributed by atoms with Crippen molar-refractivity contribution < 1.29 is 97.7 Å². The van der Waals surface area contributed by atoms with Crippen LogP contribution < -0.4 is 61.0 Å². The number of nitrogens with two attached hydrogens (primary N) is 6. The zero-order valence-corrected chi connectivity index (χ0v) is 81.2. The number of carbonyl (C=O) groups is 12. The van der Waals surface area contributed by atoms with Crippen LogP contribution >= 0.6 is 0 Å². The van der Waals surface area contributed by atoms with Gasteiger partial charge in [-0.05, 0) is 260 Å². The number of hydrogen-bond donors (Lipinski definition) is 16. The summed E-state index contributed by atoms with van der Waals surface area (Å²) in [5, 5.41) is 105. The third kappa shape index (κ3) is 43.3. The molecule has 762 valence electrons. The number of nitro groups is 2. The molecule has 10 aromatic rings. The highest BCUT2D eigenvalue weighted by Gasteiger charge is 2.29. The lowest BCUT2D eigenvalue weighted by molar-refractivity contribution is -0.385. The summed E-state index contributed by atoms with van der Waals surface area (Å²) in [5.41, 5.74) is 38.7. The number of nitrogens with zero attached hydrogens (tertiary/aromatic N) is 8. The average Bonchev–Trinajstić information content (AvgIpc) is 0.859. The number of primary amides is 3. The van der Waals surface area contributed by atoms with E-state index in [-0.39, 0.29) is 86.7 Å². The van der Waals surface area contributed by atoms with Gasteiger partial charge in [0.05, 0.1) is 58.2 Å². The molecule has 10 aromatic carbocycles. The molecule has 6 atom stereocenters. The number of aliphatic carboxylic acids is 2. The SMILES string of the molecule is CC(=O)CC(=O)Nc1cccc([N+](=O)[O-])c1.CC(O)=C(N=Nc1ccc(C(N)=O)cc1)C(=O)Nc1cccc(N)c1.CC(O)=C(N=Nc1ccc(C(N)=O)cc1)C(=O)Nc1cccc([N+](=O)[O-])c1.CCC(CCC(C)C(=O)O)c1ccccc1.CCC(CCC(CCC(CCC(C)C(=O)O)C(=O)OC)C(=O)Nc1cccc(NC(=O)C(N=Nc2ccc(C(N)=O)cc2)=C(C)O)c1)c1ccccc1.Nc1ccc(N)cc1. The Balaban J connectivity index is 0.000000337. The van der Waals surface area contributed by atoms with Gasteiger partial charge in [0.1, 0.15) is 23.1 Å². The van der Waals surface area contributed by atoms with Crippen molar-refractivity contribution in [1.82, 2.24) is 0 Å². The van der Waals surface area contributed by atoms with Crippen LogP contribution in [0, 0.1) is 43.9 Å². The number of ketones is 1. The number of carboxylic acids is 2. The molecule has 0 aromatic heterocycles. The molecule has 0 aliphatic carbocycles. The van der Waals surface area contributed by atoms with Crippen LogP contribution in [-0.2, 0) is 47.9 Å². The van der Waals surface area contributed by atoms with E-state index in [1.807, 2.05) is 36.4 Å². The van der Waals surface area contributed by atoms with Crippen molar-refractivity contribution >= 4 is 145 Å². The number of aliphatic hydroxyl groups excluding tert-OH is 3. The second-order valence-electron chi connectivity index (χ2n) is 32.6. The molecule has 0 saturated carbocycles. The number of nitrogen functional groups attached to an aromatic ring is 3. The van der Waals surface area contributed by atoms with E-state index in [1.165, 1.54) is 167 Å². The minimum absolute atomic E-state index is 0.111. The minimum atomic E-state index is -0.938. The molecule has 0 fully saturated rings. The van der Waals surface area contributed by atoms with Gasteiger partial charge < -0.3 is 91.3 Å². The fourth-order valence-electron chi connectivity index (χ4n) is 13.2. The molecule has 0 saturated heterocycles. The van der Waals surface area contributed by atoms with E-state index >= 15 is 0 Å². The lowest BCUT2D eigenvalue weighted by atomic mass is 9.84. The largest absolute Gasteiger partial charge is 0.510 e. The van der Waals surface area contributed by atoms with Gasteiger partial charge in [0.15, 0.2) is 17.1 Å². The third-order valence-electron chi connectivity index (χ3n) is 21.4. The van der Waals surface area contributed by atoms with E-state index in [4.69, 9.17) is 44.2 Å². The van der Waals surface area contributed by atoms with Crippen LogP contribution in [0.2, 0.25) is 0 Å². The van der Waals surface area contributed by atoms with Gasteiger partial charge in [-0.25, -0.2) is 0 Å². The molecular formula is C104H119N19O22. The maximum absolute atomic E-state index is 13.9. The topological polar surface area (TPSA) is 692 Å². The Bertz CT molecular complexity index is 6270. The van der Waals surface area contributed by atoms with Crippen molar-refractivity contribution in [2.24, 2.45) is 71.6 Å². The van der Waals surface area contributed by atoms with Crippen LogP contribution in [0.3, 0.4) is 0 Å². The van der Waals surface area contributed by atoms with Crippen LogP contribution in [0.5, 0.6) is 0 Å². The third-order valence-corrected chi connectivity index (χ3v) is 21.4. The maximum atomic E-state index is 13.9. The first-order valence-corrected chi connectivity index (χ1v) is 45.3. The number of allylic oxidation sites excluding steroid dienone is 3. The normalized spacial score (nSPS) is 12.5. The van der Waals surface area contributed by atoms with Gasteiger partial charge in [0.25, 0.3) is 29.1 Å². The number of rotatable bonds is 41. The monoisotopic (exact) mass is 1990 g/mol. The minimum Gasteiger partial charge on any atom is -0.510 e. The number of methoxy groups -OCH3 is 1. The number of amides is 8. The number of nitrogens with one attached hydrogen (secondary N) is 5. The van der Waals surface area contributed by atoms with E-state index < -0.39 is 92.6 Å². The zero-order valence-electron chi connectivity index (χ0n) is 81.2. The molecule has 10 rings (SSSR count). The number of non-ortho nitro benzene ring substituents is 2. The highest BCUT2D eigenvalue weighted by Crippen LogP contribution is 2.34. The van der Waals surface area contributed by atoms with Crippen LogP contribution in [-0.4, -0.2) is 113 Å². The Morgan fingerprint density at radius 3 is 1.01 bits per heavy atom. The smallest absolute Gasteiger partial charge is 0.308 e. The maximum Gasteiger partial charge on any atom is 0.308 e. The lowest BCUT2D eigenvalue weighted by Crippen LogP contribution is -2.26. The Labute approximate surface area is 835 Å². The first-order valence-electron chi connectivity index (χ1n) is 45.3. The summed E-state index contributed by atoms with van der Waals surface area (Å²) >= 11 is 0. The first-order chi connectivity index (χ1) is 68.9. The summed E-state index contributed by atoms with van der Waals surface area (Å²) in [5.74, 6) is -9.27. The van der Waals surface area contributed by atoms with E-state index in [1.54, 1.807) is 86.6 Å². The first kappa shape index (κ1) is 117. The standard InChI is InChI=1S/C40H49N5O8.C17H15N5O5.C17H17N5O3.C14H20O2.C10H10N2O4.C6H8N2/c1-5-27(28-10-7-6-8-11-28)16-17-30(18-19-31(40(52)53-4)15-14-25(2)39(50)51)37(48)42-33-12-9-13-34(24-33)43-38(49)35(26(3)46)45-44-32-22-20-29(21-23-32)36(41)47;1-10(23)15(21-20-12-7-5-11(6-8-12)16(18)24)17(25)19-13-3-2-4-14(9-13)22(26)27;1-10(23)15(17(25)20-14-4-2-3-12(18)9-14)22-21-13-7-5-11(6-8-13)16(19)24;1-3-12(10-9-11(2)14(15)16)13-7-5-4-6-8-13;1-7(13)5-10(14)11-8-3-2-4-9(6-8)12(15)16;7-5-1-2-6(8)4-3-5/h6-13,20-25,27,30-31,46H,5,14-19H2,1-4H3,(H2,41,47)(H,42,48)(H,43,49)(H,50,51);2-9,23H,1H3,(H2,18,24)(H,19,25);2-9,23H,18H2,1H3,(H2,19,24)(H,20,25);4-8,11-12H,3,9-10H2,1-2H3,(H,15,16);2-4,6H,5H2,1H3,(H,11,14);1-4H,7-8H2. The quantitative estimate of drug-likeness (QED) is 0.00247. The van der Waals surface area contributed by atoms with Crippen molar-refractivity contribution in [3.8, 4) is 0 Å². The molecule has 0 aliphatic rings. The van der Waals surface area contributed by atoms with E-state index in [0.717, 1.165) is 43.5 Å². The number of carbonyl (C=O) groups excluding carboxylic acids is 10. The number of carboxylic acid groups (broad SMARTS) is 2. The van der Waals surface area contributed by atoms with Crippen LogP contribution in [0.4, 0.5) is 73.9 Å². The molecule has 41 heteroatoms. The number of azo groups is 3. The summed E-state index contributed by atoms with van der Waals surface area (Å²) in [6.45, 7) is 12.8. The summed E-state index contributed by atoms with van der Waals surface area (Å²) < 4.78 is 5.02. The Kier molecular flexibility index (Phi) is 49.4. The zero-order chi connectivity index (χ0) is 107. The van der Waals surface area contributed by atoms with Crippen molar-refractivity contribution in [3.63, 3.8) is 0 Å². The van der Waals surface area contributed by atoms with Crippen molar-refractivity contribution in [2.45, 2.75) is 138 Å². The molecule has 6 unspecified atom stereocenters. The highest BCUT2D eigenvalue weighted by molar-refractivity contribution is 6.06. The van der Waals surface area contributed by atoms with Gasteiger partial charge in [-0.1, -0.05) is 113 Å². The second kappa shape index (κ2) is 61.2. The summed E-state index contributed by atoms with van der Waals surface area (Å²) in [6, 6.07) is 69.2. The van der Waals surface area contributed by atoms with Gasteiger partial charge in [-0.3, -0.25) is 77.8 Å². The average molecular weight is 1990 g/mol. The molecule has 8 amide bonds. The predicted molar refractivity (Wildman–Crippen MR) is 550 cm³/mol. The predicted octanol–water partition coefficient (Wildman–Crippen LogP) is 20.0. The highest BCUT2D eigenvalue weighted by atomic mass is 16.6. The van der Waals surface area contributed by atoms with Crippen LogP contribution in [0.25, 0.3) is 0 Å². The molecule has 0 spiro atoms.